The van der Waals surface area contributed by atoms with Gasteiger partial charge in [0, 0.05) is 25.5 Å². The predicted molar refractivity (Wildman–Crippen MR) is 65.7 cm³/mol. The molecule has 4 nitrogen and oxygen atoms in total. The number of fused-ring (bicyclic) bond motifs is 1. The highest BCUT2D eigenvalue weighted by molar-refractivity contribution is 7.20. The first-order valence-electron chi connectivity index (χ1n) is 5.05. The molecule has 2 heterocycles. The van der Waals surface area contributed by atoms with Gasteiger partial charge in [-0.25, -0.2) is 0 Å². The van der Waals surface area contributed by atoms with Crippen LogP contribution in [0.1, 0.15) is 15.2 Å². The maximum atomic E-state index is 11.7. The lowest BCUT2D eigenvalue weighted by molar-refractivity contribution is 0.0959. The van der Waals surface area contributed by atoms with Gasteiger partial charge in [0.15, 0.2) is 0 Å². The zero-order chi connectivity index (χ0) is 11.5. The van der Waals surface area contributed by atoms with E-state index in [9.17, 15) is 4.79 Å². The maximum Gasteiger partial charge on any atom is 0.261 e. The van der Waals surface area contributed by atoms with E-state index in [0.717, 1.165) is 15.6 Å². The third-order valence-corrected chi connectivity index (χ3v) is 3.37. The summed E-state index contributed by atoms with van der Waals surface area (Å²) in [6.07, 6.45) is 3.59. The number of amides is 1. The van der Waals surface area contributed by atoms with Crippen LogP contribution in [0.25, 0.3) is 10.1 Å². The van der Waals surface area contributed by atoms with Crippen molar-refractivity contribution in [3.05, 3.63) is 28.9 Å². The first-order valence-corrected chi connectivity index (χ1v) is 5.86. The van der Waals surface area contributed by atoms with Crippen molar-refractivity contribution < 1.29 is 4.79 Å². The summed E-state index contributed by atoms with van der Waals surface area (Å²) in [6.45, 7) is 2.95. The molecule has 0 atom stereocenters. The first kappa shape index (κ1) is 11.0. The van der Waals surface area contributed by atoms with E-state index in [0.29, 0.717) is 18.0 Å². The number of carbonyl (C=O) groups is 1. The summed E-state index contributed by atoms with van der Waals surface area (Å²) in [5.41, 5.74) is 6.42. The average Bonchev–Trinajstić information content (AvgIpc) is 2.71. The Labute approximate surface area is 97.5 Å². The Bertz CT molecular complexity index is 521. The quantitative estimate of drug-likeness (QED) is 0.842. The van der Waals surface area contributed by atoms with Gasteiger partial charge in [-0.15, -0.1) is 11.3 Å². The van der Waals surface area contributed by atoms with Crippen molar-refractivity contribution in [2.24, 2.45) is 5.73 Å². The molecule has 0 aliphatic rings. The Morgan fingerprint density at radius 3 is 3.06 bits per heavy atom. The van der Waals surface area contributed by atoms with E-state index in [1.165, 1.54) is 11.3 Å². The molecule has 0 saturated heterocycles. The topological polar surface area (TPSA) is 68.0 Å². The minimum atomic E-state index is -0.0638. The Morgan fingerprint density at radius 1 is 1.56 bits per heavy atom. The molecular formula is C11H13N3OS. The molecule has 1 amide bonds. The Balaban J connectivity index is 2.32. The number of hydrogen-bond donors (Lipinski definition) is 2. The second-order valence-electron chi connectivity index (χ2n) is 3.52. The summed E-state index contributed by atoms with van der Waals surface area (Å²) >= 11 is 1.45. The lowest BCUT2D eigenvalue weighted by Gasteiger charge is -1.98. The first-order chi connectivity index (χ1) is 7.72. The van der Waals surface area contributed by atoms with Crippen LogP contribution in [-0.4, -0.2) is 24.0 Å². The number of nitrogens with one attached hydrogen (secondary N) is 1. The normalized spacial score (nSPS) is 10.6. The second-order valence-corrected chi connectivity index (χ2v) is 4.61. The van der Waals surface area contributed by atoms with Crippen LogP contribution in [0.2, 0.25) is 0 Å². The number of rotatable bonds is 3. The number of nitrogens with two attached hydrogens (primary N) is 1. The molecule has 0 bridgehead atoms. The van der Waals surface area contributed by atoms with Crippen molar-refractivity contribution in [3.8, 4) is 0 Å². The van der Waals surface area contributed by atoms with Gasteiger partial charge in [0.2, 0.25) is 0 Å². The summed E-state index contributed by atoms with van der Waals surface area (Å²) in [6, 6.07) is 1.91. The van der Waals surface area contributed by atoms with Gasteiger partial charge in [0.1, 0.15) is 0 Å². The van der Waals surface area contributed by atoms with Gasteiger partial charge in [0.05, 0.1) is 9.58 Å². The predicted octanol–water partition coefficient (Wildman–Crippen LogP) is 1.29. The molecule has 0 aliphatic carbocycles. The summed E-state index contributed by atoms with van der Waals surface area (Å²) in [5.74, 6) is -0.0638. The highest BCUT2D eigenvalue weighted by Gasteiger charge is 2.10. The van der Waals surface area contributed by atoms with E-state index >= 15 is 0 Å². The van der Waals surface area contributed by atoms with Crippen LogP contribution in [0.4, 0.5) is 0 Å². The third kappa shape index (κ3) is 2.05. The summed E-state index contributed by atoms with van der Waals surface area (Å²) in [7, 11) is 0. The lowest BCUT2D eigenvalue weighted by Crippen LogP contribution is -2.28. The fourth-order valence-corrected chi connectivity index (χ4v) is 2.50. The van der Waals surface area contributed by atoms with Crippen molar-refractivity contribution in [2.75, 3.05) is 13.1 Å². The van der Waals surface area contributed by atoms with E-state index in [-0.39, 0.29) is 5.91 Å². The number of hydrogen-bond acceptors (Lipinski definition) is 4. The van der Waals surface area contributed by atoms with Crippen LogP contribution in [0.5, 0.6) is 0 Å². The molecule has 2 aromatic rings. The molecule has 2 aromatic heterocycles. The molecule has 5 heteroatoms. The van der Waals surface area contributed by atoms with Gasteiger partial charge >= 0.3 is 0 Å². The van der Waals surface area contributed by atoms with Crippen molar-refractivity contribution in [1.82, 2.24) is 10.3 Å². The zero-order valence-electron chi connectivity index (χ0n) is 8.99. The highest BCUT2D eigenvalue weighted by atomic mass is 32.1. The lowest BCUT2D eigenvalue weighted by atomic mass is 10.2. The molecule has 84 valence electrons. The SMILES string of the molecule is Cc1cncc2sc(C(=O)NCCN)cc12. The molecule has 0 unspecified atom stereocenters. The van der Waals surface area contributed by atoms with E-state index in [2.05, 4.69) is 10.3 Å². The van der Waals surface area contributed by atoms with Gasteiger partial charge in [-0.3, -0.25) is 9.78 Å². The van der Waals surface area contributed by atoms with E-state index in [1.54, 1.807) is 12.4 Å². The Hall–Kier alpha value is -1.46. The Morgan fingerprint density at radius 2 is 2.38 bits per heavy atom. The van der Waals surface area contributed by atoms with Crippen LogP contribution in [0.15, 0.2) is 18.5 Å². The standard InChI is InChI=1S/C11H13N3OS/c1-7-5-13-6-10-8(7)4-9(16-10)11(15)14-3-2-12/h4-6H,2-3,12H2,1H3,(H,14,15). The van der Waals surface area contributed by atoms with Crippen LogP contribution < -0.4 is 11.1 Å². The number of aromatic nitrogens is 1. The molecule has 0 saturated carbocycles. The number of nitrogens with zero attached hydrogens (tertiary/aromatic N) is 1. The monoisotopic (exact) mass is 235 g/mol. The number of carbonyl (C=O) groups excluding carboxylic acids is 1. The highest BCUT2D eigenvalue weighted by Crippen LogP contribution is 2.26. The van der Waals surface area contributed by atoms with E-state index in [4.69, 9.17) is 5.73 Å². The van der Waals surface area contributed by atoms with Crippen molar-refractivity contribution in [3.63, 3.8) is 0 Å². The number of aryl methyl sites for hydroxylation is 1. The number of thiophene rings is 1. The Kier molecular flexibility index (Phi) is 3.17. The molecular weight excluding hydrogens is 222 g/mol. The molecule has 16 heavy (non-hydrogen) atoms. The minimum absolute atomic E-state index is 0.0638. The van der Waals surface area contributed by atoms with Crippen molar-refractivity contribution in [1.29, 1.82) is 0 Å². The fourth-order valence-electron chi connectivity index (χ4n) is 1.48. The van der Waals surface area contributed by atoms with Crippen molar-refractivity contribution >= 4 is 27.3 Å². The molecule has 0 spiro atoms. The zero-order valence-corrected chi connectivity index (χ0v) is 9.80. The second kappa shape index (κ2) is 4.59. The van der Waals surface area contributed by atoms with E-state index < -0.39 is 0 Å². The molecule has 0 aromatic carbocycles. The van der Waals surface area contributed by atoms with Gasteiger partial charge in [-0.05, 0) is 23.9 Å². The van der Waals surface area contributed by atoms with Gasteiger partial charge in [-0.2, -0.15) is 0 Å². The largest absolute Gasteiger partial charge is 0.350 e. The molecule has 0 fully saturated rings. The van der Waals surface area contributed by atoms with Crippen LogP contribution in [-0.2, 0) is 0 Å². The molecule has 2 rings (SSSR count). The van der Waals surface area contributed by atoms with Gasteiger partial charge < -0.3 is 11.1 Å². The van der Waals surface area contributed by atoms with Gasteiger partial charge in [0.25, 0.3) is 5.91 Å². The van der Waals surface area contributed by atoms with Crippen LogP contribution in [0, 0.1) is 6.92 Å². The van der Waals surface area contributed by atoms with Crippen LogP contribution in [0.3, 0.4) is 0 Å². The summed E-state index contributed by atoms with van der Waals surface area (Å²) in [5, 5.41) is 3.85. The van der Waals surface area contributed by atoms with Gasteiger partial charge in [-0.1, -0.05) is 0 Å². The average molecular weight is 235 g/mol. The summed E-state index contributed by atoms with van der Waals surface area (Å²) in [4.78, 5) is 16.5. The maximum absolute atomic E-state index is 11.7. The minimum Gasteiger partial charge on any atom is -0.350 e. The van der Waals surface area contributed by atoms with E-state index in [1.807, 2.05) is 13.0 Å². The number of pyridine rings is 1. The molecule has 0 radical (unpaired) electrons. The third-order valence-electron chi connectivity index (χ3n) is 2.30. The van der Waals surface area contributed by atoms with Crippen molar-refractivity contribution in [2.45, 2.75) is 6.92 Å². The smallest absolute Gasteiger partial charge is 0.261 e. The summed E-state index contributed by atoms with van der Waals surface area (Å²) < 4.78 is 1.04. The molecule has 0 aliphatic heterocycles. The van der Waals surface area contributed by atoms with Crippen LogP contribution >= 0.6 is 11.3 Å². The fraction of sp³-hybridized carbons (Fsp3) is 0.273. The molecule has 3 N–H and O–H groups in total.